The maximum absolute atomic E-state index is 14.5. The van der Waals surface area contributed by atoms with Crippen molar-refractivity contribution in [1.29, 1.82) is 0 Å². The minimum atomic E-state index is -2.60. The van der Waals surface area contributed by atoms with Crippen molar-refractivity contribution in [2.75, 3.05) is 0 Å². The highest BCUT2D eigenvalue weighted by atomic mass is 35.5. The number of benzene rings is 2. The van der Waals surface area contributed by atoms with Crippen LogP contribution in [0.15, 0.2) is 60.7 Å². The van der Waals surface area contributed by atoms with E-state index in [1.165, 1.54) is 0 Å². The minimum Gasteiger partial charge on any atom is -0.459 e. The monoisotopic (exact) mass is 574 g/mol. The molecule has 2 saturated carbocycles. The Bertz CT molecular complexity index is 1120. The third-order valence-corrected chi connectivity index (χ3v) is 14.5. The van der Waals surface area contributed by atoms with Crippen molar-refractivity contribution in [2.45, 2.75) is 99.4 Å². The summed E-state index contributed by atoms with van der Waals surface area (Å²) in [5.74, 6) is -1.72. The normalized spacial score (nSPS) is 26.6. The van der Waals surface area contributed by atoms with E-state index < -0.39 is 41.7 Å². The number of carbonyl (C=O) groups excluding carboxylic acids is 2. The molecule has 0 aromatic heterocycles. The highest BCUT2D eigenvalue weighted by molar-refractivity contribution is 6.75. The van der Waals surface area contributed by atoms with Crippen molar-refractivity contribution in [3.05, 3.63) is 71.8 Å². The number of alkyl halides is 2. The van der Waals surface area contributed by atoms with Crippen LogP contribution in [0.4, 0.5) is 0 Å². The lowest BCUT2D eigenvalue weighted by atomic mass is 9.65. The zero-order valence-electron chi connectivity index (χ0n) is 23.4. The summed E-state index contributed by atoms with van der Waals surface area (Å²) in [4.78, 5) is 27.7. The van der Waals surface area contributed by atoms with Crippen LogP contribution >= 0.6 is 23.2 Å². The molecule has 0 radical (unpaired) electrons. The maximum Gasteiger partial charge on any atom is 0.342 e. The highest BCUT2D eigenvalue weighted by Gasteiger charge is 2.79. The summed E-state index contributed by atoms with van der Waals surface area (Å²) in [6, 6.07) is 20.4. The lowest BCUT2D eigenvalue weighted by molar-refractivity contribution is -0.194. The van der Waals surface area contributed by atoms with Gasteiger partial charge in [0.15, 0.2) is 14.1 Å². The average molecular weight is 576 g/mol. The second-order valence-corrected chi connectivity index (χ2v) is 18.4. The van der Waals surface area contributed by atoms with Gasteiger partial charge in [-0.05, 0) is 54.9 Å². The van der Waals surface area contributed by atoms with Crippen LogP contribution in [-0.2, 0) is 24.2 Å². The number of hydrogen-bond donors (Lipinski definition) is 0. The fourth-order valence-electron chi connectivity index (χ4n) is 6.00. The van der Waals surface area contributed by atoms with Crippen LogP contribution in [0, 0.1) is 5.92 Å². The third-order valence-electron chi connectivity index (χ3n) is 9.10. The van der Waals surface area contributed by atoms with Crippen LogP contribution in [0.1, 0.15) is 70.9 Å². The van der Waals surface area contributed by atoms with Gasteiger partial charge >= 0.3 is 5.97 Å². The van der Waals surface area contributed by atoms with Crippen molar-refractivity contribution in [2.24, 2.45) is 5.92 Å². The molecule has 38 heavy (non-hydrogen) atoms. The van der Waals surface area contributed by atoms with Crippen molar-refractivity contribution in [1.82, 2.24) is 0 Å². The first-order chi connectivity index (χ1) is 17.8. The molecule has 0 spiro atoms. The van der Waals surface area contributed by atoms with Crippen LogP contribution in [-0.4, -0.2) is 36.1 Å². The lowest BCUT2D eigenvalue weighted by Crippen LogP contribution is -2.79. The Labute approximate surface area is 238 Å². The van der Waals surface area contributed by atoms with Gasteiger partial charge in [-0.1, -0.05) is 118 Å². The highest BCUT2D eigenvalue weighted by Crippen LogP contribution is 2.60. The zero-order valence-corrected chi connectivity index (χ0v) is 25.9. The van der Waals surface area contributed by atoms with E-state index in [0.717, 1.165) is 24.0 Å². The average Bonchev–Trinajstić information content (AvgIpc) is 3.30. The van der Waals surface area contributed by atoms with E-state index in [1.807, 2.05) is 56.4 Å². The van der Waals surface area contributed by atoms with Crippen molar-refractivity contribution < 1.29 is 18.8 Å². The van der Waals surface area contributed by atoms with Crippen LogP contribution < -0.4 is 0 Å². The second kappa shape index (κ2) is 10.4. The molecule has 0 N–H and O–H groups in total. The molecular formula is C31H40Cl2O4Si. The third kappa shape index (κ3) is 4.48. The summed E-state index contributed by atoms with van der Waals surface area (Å²) in [6.45, 7) is 12.3. The molecule has 0 unspecified atom stereocenters. The Kier molecular flexibility index (Phi) is 8.01. The van der Waals surface area contributed by atoms with Gasteiger partial charge in [-0.15, -0.1) is 0 Å². The molecule has 2 aromatic rings. The summed E-state index contributed by atoms with van der Waals surface area (Å²) in [6.07, 6.45) is 3.10. The molecule has 0 bridgehead atoms. The van der Waals surface area contributed by atoms with E-state index in [4.69, 9.17) is 32.4 Å². The molecule has 2 aromatic carbocycles. The number of rotatable bonds is 8. The number of ether oxygens (including phenoxy) is 1. The van der Waals surface area contributed by atoms with Crippen molar-refractivity contribution in [3.63, 3.8) is 0 Å². The maximum atomic E-state index is 14.5. The van der Waals surface area contributed by atoms with E-state index in [2.05, 4.69) is 45.0 Å². The molecule has 2 fully saturated rings. The molecule has 3 atom stereocenters. The van der Waals surface area contributed by atoms with Crippen molar-refractivity contribution in [3.8, 4) is 0 Å². The van der Waals surface area contributed by atoms with Gasteiger partial charge in [0.25, 0.3) is 0 Å². The topological polar surface area (TPSA) is 52.6 Å². The number of esters is 1. The van der Waals surface area contributed by atoms with Gasteiger partial charge in [0.1, 0.15) is 6.10 Å². The van der Waals surface area contributed by atoms with Gasteiger partial charge in [-0.3, -0.25) is 4.79 Å². The predicted molar refractivity (Wildman–Crippen MR) is 156 cm³/mol. The SMILES string of the molecule is CCC[C@H]1C(=O)C(Cl)(Cl)[C@]1(O[Si](C)(C)C(C)(C)C)C(=O)O[C@@H]1CCCC1(c1ccccc1)c1ccccc1. The van der Waals surface area contributed by atoms with Crippen LogP contribution in [0.5, 0.6) is 0 Å². The summed E-state index contributed by atoms with van der Waals surface area (Å²) in [5, 5.41) is -0.231. The van der Waals surface area contributed by atoms with Gasteiger partial charge in [0.2, 0.25) is 9.93 Å². The van der Waals surface area contributed by atoms with E-state index in [-0.39, 0.29) is 10.8 Å². The summed E-state index contributed by atoms with van der Waals surface area (Å²) >= 11 is 13.5. The standard InChI is InChI=1S/C31H40Cl2O4Si/c1-7-15-24-26(34)31(32,33)30(24,37-38(5,6)28(2,3)4)27(35)36-25-20-14-21-29(25,22-16-10-8-11-17-22)23-18-12-9-13-19-23/h8-13,16-19,24-25H,7,14-15,20-21H2,1-6H3/t24-,25+,30+/m0/s1. The fraction of sp³-hybridized carbons (Fsp3) is 0.548. The Morgan fingerprint density at radius 1 is 1.00 bits per heavy atom. The Morgan fingerprint density at radius 2 is 1.53 bits per heavy atom. The molecule has 4 nitrogen and oxygen atoms in total. The van der Waals surface area contributed by atoms with Crippen LogP contribution in [0.3, 0.4) is 0 Å². The Hall–Kier alpha value is -1.66. The Morgan fingerprint density at radius 3 is 2.00 bits per heavy atom. The molecular weight excluding hydrogens is 535 g/mol. The first-order valence-corrected chi connectivity index (χ1v) is 17.4. The lowest BCUT2D eigenvalue weighted by Gasteiger charge is -2.58. The Balaban J connectivity index is 1.81. The van der Waals surface area contributed by atoms with Gasteiger partial charge in [-0.25, -0.2) is 4.79 Å². The largest absolute Gasteiger partial charge is 0.459 e. The molecule has 7 heteroatoms. The van der Waals surface area contributed by atoms with E-state index in [9.17, 15) is 9.59 Å². The van der Waals surface area contributed by atoms with Gasteiger partial charge in [-0.2, -0.15) is 0 Å². The molecule has 4 rings (SSSR count). The van der Waals surface area contributed by atoms with Crippen LogP contribution in [0.2, 0.25) is 18.1 Å². The molecule has 0 aliphatic heterocycles. The number of carbonyl (C=O) groups is 2. The molecule has 0 saturated heterocycles. The fourth-order valence-corrected chi connectivity index (χ4v) is 8.38. The second-order valence-electron chi connectivity index (χ2n) is 12.4. The minimum absolute atomic E-state index is 0.231. The zero-order chi connectivity index (χ0) is 28.0. The van der Waals surface area contributed by atoms with Gasteiger partial charge < -0.3 is 9.16 Å². The van der Waals surface area contributed by atoms with E-state index >= 15 is 0 Å². The molecule has 206 valence electrons. The smallest absolute Gasteiger partial charge is 0.342 e. The van der Waals surface area contributed by atoms with E-state index in [0.29, 0.717) is 19.3 Å². The number of halogens is 2. The quantitative estimate of drug-likeness (QED) is 0.182. The van der Waals surface area contributed by atoms with Crippen molar-refractivity contribution >= 4 is 43.3 Å². The molecule has 2 aliphatic rings. The first kappa shape index (κ1) is 29.3. The summed E-state index contributed by atoms with van der Waals surface area (Å²) < 4.78 is 11.3. The summed E-state index contributed by atoms with van der Waals surface area (Å²) in [5.41, 5.74) is -0.0724. The molecule has 0 heterocycles. The van der Waals surface area contributed by atoms with Gasteiger partial charge in [0.05, 0.1) is 11.3 Å². The molecule has 0 amide bonds. The number of ketones is 1. The predicted octanol–water partition coefficient (Wildman–Crippen LogP) is 8.00. The molecule has 2 aliphatic carbocycles. The number of Topliss-reactive ketones (excluding diaryl/α,β-unsaturated/α-hetero) is 1. The summed E-state index contributed by atoms with van der Waals surface area (Å²) in [7, 11) is -2.60. The number of hydrogen-bond acceptors (Lipinski definition) is 4. The first-order valence-electron chi connectivity index (χ1n) is 13.7. The van der Waals surface area contributed by atoms with Crippen LogP contribution in [0.25, 0.3) is 0 Å². The van der Waals surface area contributed by atoms with Gasteiger partial charge in [0, 0.05) is 0 Å². The van der Waals surface area contributed by atoms with E-state index in [1.54, 1.807) is 0 Å².